The van der Waals surface area contributed by atoms with Crippen molar-refractivity contribution in [2.24, 2.45) is 0 Å². The van der Waals surface area contributed by atoms with Crippen LogP contribution in [0.4, 0.5) is 14.9 Å². The first-order chi connectivity index (χ1) is 13.2. The fraction of sp³-hybridized carbons (Fsp3) is 0.316. The van der Waals surface area contributed by atoms with Crippen molar-refractivity contribution in [1.82, 2.24) is 25.6 Å². The van der Waals surface area contributed by atoms with Crippen LogP contribution in [0, 0.1) is 5.82 Å². The SMILES string of the molecule is O=C(Nc1cccc2n[nH]nc12)N[C@H]1CCCN(Cc2ccc(F)cc2)C1. The molecule has 27 heavy (non-hydrogen) atoms. The van der Waals surface area contributed by atoms with Gasteiger partial charge >= 0.3 is 6.03 Å². The van der Waals surface area contributed by atoms with Gasteiger partial charge in [-0.2, -0.15) is 15.4 Å². The maximum atomic E-state index is 13.0. The molecule has 0 unspecified atom stereocenters. The van der Waals surface area contributed by atoms with Crippen molar-refractivity contribution < 1.29 is 9.18 Å². The predicted molar refractivity (Wildman–Crippen MR) is 101 cm³/mol. The maximum absolute atomic E-state index is 13.0. The monoisotopic (exact) mass is 368 g/mol. The summed E-state index contributed by atoms with van der Waals surface area (Å²) in [6, 6.07) is 11.8. The summed E-state index contributed by atoms with van der Waals surface area (Å²) in [5.74, 6) is -0.226. The maximum Gasteiger partial charge on any atom is 0.319 e. The molecule has 0 bridgehead atoms. The lowest BCUT2D eigenvalue weighted by molar-refractivity contribution is 0.183. The highest BCUT2D eigenvalue weighted by atomic mass is 19.1. The summed E-state index contributed by atoms with van der Waals surface area (Å²) in [4.78, 5) is 14.7. The van der Waals surface area contributed by atoms with Crippen LogP contribution < -0.4 is 10.6 Å². The number of carbonyl (C=O) groups is 1. The zero-order valence-electron chi connectivity index (χ0n) is 14.8. The lowest BCUT2D eigenvalue weighted by Gasteiger charge is -2.33. The Balaban J connectivity index is 1.34. The summed E-state index contributed by atoms with van der Waals surface area (Å²) in [6.45, 7) is 2.48. The van der Waals surface area contributed by atoms with E-state index >= 15 is 0 Å². The van der Waals surface area contributed by atoms with Crippen LogP contribution in [0.1, 0.15) is 18.4 Å². The number of rotatable bonds is 4. The molecule has 0 spiro atoms. The minimum Gasteiger partial charge on any atom is -0.334 e. The Bertz CT molecular complexity index is 925. The number of hydrogen-bond donors (Lipinski definition) is 3. The van der Waals surface area contributed by atoms with E-state index in [-0.39, 0.29) is 17.9 Å². The van der Waals surface area contributed by atoms with Gasteiger partial charge in [0, 0.05) is 19.1 Å². The molecule has 2 aromatic carbocycles. The average molecular weight is 368 g/mol. The average Bonchev–Trinajstić information content (AvgIpc) is 3.14. The molecule has 1 aliphatic heterocycles. The molecule has 1 atom stereocenters. The van der Waals surface area contributed by atoms with E-state index in [1.165, 1.54) is 12.1 Å². The minimum atomic E-state index is -0.251. The highest BCUT2D eigenvalue weighted by Crippen LogP contribution is 2.19. The van der Waals surface area contributed by atoms with Gasteiger partial charge in [-0.3, -0.25) is 4.90 Å². The molecular formula is C19H21FN6O. The van der Waals surface area contributed by atoms with E-state index in [1.54, 1.807) is 18.2 Å². The Morgan fingerprint density at radius 1 is 1.22 bits per heavy atom. The number of anilines is 1. The van der Waals surface area contributed by atoms with Crippen LogP contribution in [0.15, 0.2) is 42.5 Å². The van der Waals surface area contributed by atoms with Crippen molar-refractivity contribution in [3.63, 3.8) is 0 Å². The van der Waals surface area contributed by atoms with E-state index < -0.39 is 0 Å². The number of likely N-dealkylation sites (tertiary alicyclic amines) is 1. The number of carbonyl (C=O) groups excluding carboxylic acids is 1. The van der Waals surface area contributed by atoms with Crippen LogP contribution in [0.2, 0.25) is 0 Å². The van der Waals surface area contributed by atoms with E-state index in [9.17, 15) is 9.18 Å². The lowest BCUT2D eigenvalue weighted by Crippen LogP contribution is -2.48. The Labute approximate surface area is 155 Å². The molecule has 7 nitrogen and oxygen atoms in total. The highest BCUT2D eigenvalue weighted by molar-refractivity contribution is 5.98. The number of aromatic amines is 1. The van der Waals surface area contributed by atoms with Crippen LogP contribution in [-0.2, 0) is 6.54 Å². The third-order valence-electron chi connectivity index (χ3n) is 4.76. The van der Waals surface area contributed by atoms with Gasteiger partial charge in [-0.25, -0.2) is 9.18 Å². The molecule has 140 valence electrons. The van der Waals surface area contributed by atoms with E-state index in [2.05, 4.69) is 30.9 Å². The summed E-state index contributed by atoms with van der Waals surface area (Å²) in [5.41, 5.74) is 3.03. The predicted octanol–water partition coefficient (Wildman–Crippen LogP) is 2.88. The Morgan fingerprint density at radius 2 is 2.07 bits per heavy atom. The van der Waals surface area contributed by atoms with Crippen molar-refractivity contribution in [2.75, 3.05) is 18.4 Å². The topological polar surface area (TPSA) is 85.9 Å². The number of fused-ring (bicyclic) bond motifs is 1. The van der Waals surface area contributed by atoms with Crippen molar-refractivity contribution in [3.05, 3.63) is 53.8 Å². The number of hydrogen-bond acceptors (Lipinski definition) is 4. The summed E-state index contributed by atoms with van der Waals surface area (Å²) >= 11 is 0. The molecular weight excluding hydrogens is 347 g/mol. The minimum absolute atomic E-state index is 0.0655. The molecule has 1 aromatic heterocycles. The Morgan fingerprint density at radius 3 is 2.93 bits per heavy atom. The molecule has 1 fully saturated rings. The zero-order chi connectivity index (χ0) is 18.6. The second-order valence-corrected chi connectivity index (χ2v) is 6.80. The number of amides is 2. The molecule has 1 aliphatic rings. The molecule has 2 amide bonds. The smallest absolute Gasteiger partial charge is 0.319 e. The number of piperidine rings is 1. The third-order valence-corrected chi connectivity index (χ3v) is 4.76. The van der Waals surface area contributed by atoms with Gasteiger partial charge in [-0.1, -0.05) is 18.2 Å². The third kappa shape index (κ3) is 4.22. The number of urea groups is 1. The zero-order valence-corrected chi connectivity index (χ0v) is 14.8. The number of halogens is 1. The van der Waals surface area contributed by atoms with Gasteiger partial charge in [0.25, 0.3) is 0 Å². The summed E-state index contributed by atoms with van der Waals surface area (Å²) < 4.78 is 13.0. The standard InChI is InChI=1S/C19H21FN6O/c20-14-8-6-13(7-9-14)11-26-10-2-3-15(12-26)21-19(27)22-16-4-1-5-17-18(16)24-25-23-17/h1,4-9,15H,2-3,10-12H2,(H2,21,22,27)(H,23,24,25)/t15-/m0/s1. The fourth-order valence-corrected chi connectivity index (χ4v) is 3.48. The van der Waals surface area contributed by atoms with Crippen LogP contribution in [0.3, 0.4) is 0 Å². The van der Waals surface area contributed by atoms with Crippen LogP contribution >= 0.6 is 0 Å². The second-order valence-electron chi connectivity index (χ2n) is 6.80. The number of nitrogens with one attached hydrogen (secondary N) is 3. The number of nitrogens with zero attached hydrogens (tertiary/aromatic N) is 3. The van der Waals surface area contributed by atoms with Gasteiger partial charge in [0.15, 0.2) is 0 Å². The van der Waals surface area contributed by atoms with Crippen LogP contribution in [-0.4, -0.2) is 45.5 Å². The Kier molecular flexibility index (Phi) is 4.97. The Hall–Kier alpha value is -3.00. The summed E-state index contributed by atoms with van der Waals surface area (Å²) in [5, 5.41) is 16.5. The second kappa shape index (κ2) is 7.71. The quantitative estimate of drug-likeness (QED) is 0.661. The van der Waals surface area contributed by atoms with Crippen molar-refractivity contribution in [3.8, 4) is 0 Å². The largest absolute Gasteiger partial charge is 0.334 e. The first-order valence-electron chi connectivity index (χ1n) is 9.01. The molecule has 0 radical (unpaired) electrons. The van der Waals surface area contributed by atoms with E-state index in [4.69, 9.17) is 0 Å². The fourth-order valence-electron chi connectivity index (χ4n) is 3.48. The van der Waals surface area contributed by atoms with Gasteiger partial charge in [0.05, 0.1) is 5.69 Å². The summed E-state index contributed by atoms with van der Waals surface area (Å²) in [7, 11) is 0. The molecule has 4 rings (SSSR count). The molecule has 8 heteroatoms. The van der Waals surface area contributed by atoms with E-state index in [1.807, 2.05) is 12.1 Å². The molecule has 1 saturated heterocycles. The molecule has 0 saturated carbocycles. The van der Waals surface area contributed by atoms with E-state index in [0.717, 1.165) is 38.0 Å². The van der Waals surface area contributed by atoms with E-state index in [0.29, 0.717) is 16.7 Å². The lowest BCUT2D eigenvalue weighted by atomic mass is 10.0. The first kappa shape index (κ1) is 17.4. The normalized spacial score (nSPS) is 17.7. The van der Waals surface area contributed by atoms with Gasteiger partial charge in [-0.05, 0) is 49.2 Å². The molecule has 0 aliphatic carbocycles. The number of H-pyrrole nitrogens is 1. The number of aromatic nitrogens is 3. The number of para-hydroxylation sites is 1. The molecule has 3 aromatic rings. The first-order valence-corrected chi connectivity index (χ1v) is 9.01. The van der Waals surface area contributed by atoms with Crippen molar-refractivity contribution in [2.45, 2.75) is 25.4 Å². The van der Waals surface area contributed by atoms with Crippen LogP contribution in [0.5, 0.6) is 0 Å². The highest BCUT2D eigenvalue weighted by Gasteiger charge is 2.22. The van der Waals surface area contributed by atoms with Crippen molar-refractivity contribution in [1.29, 1.82) is 0 Å². The summed E-state index contributed by atoms with van der Waals surface area (Å²) in [6.07, 6.45) is 1.94. The van der Waals surface area contributed by atoms with Crippen LogP contribution in [0.25, 0.3) is 11.0 Å². The molecule has 3 N–H and O–H groups in total. The number of benzene rings is 2. The van der Waals surface area contributed by atoms with Gasteiger partial charge < -0.3 is 10.6 Å². The van der Waals surface area contributed by atoms with Gasteiger partial charge in [0.2, 0.25) is 0 Å². The van der Waals surface area contributed by atoms with Gasteiger partial charge in [0.1, 0.15) is 16.9 Å². The molecule has 2 heterocycles. The van der Waals surface area contributed by atoms with Crippen molar-refractivity contribution >= 4 is 22.8 Å². The van der Waals surface area contributed by atoms with Gasteiger partial charge in [-0.15, -0.1) is 0 Å².